The molecule has 1 fully saturated rings. The van der Waals surface area contributed by atoms with Crippen molar-refractivity contribution in [1.82, 2.24) is 15.2 Å². The molecule has 0 saturated carbocycles. The third-order valence-electron chi connectivity index (χ3n) is 3.88. The van der Waals surface area contributed by atoms with Crippen molar-refractivity contribution in [3.63, 3.8) is 0 Å². The molecule has 1 aromatic carbocycles. The van der Waals surface area contributed by atoms with Crippen LogP contribution in [0.15, 0.2) is 35.5 Å². The summed E-state index contributed by atoms with van der Waals surface area (Å²) in [4.78, 5) is 21.8. The van der Waals surface area contributed by atoms with Crippen molar-refractivity contribution in [2.75, 3.05) is 39.4 Å². The Kier molecular flexibility index (Phi) is 6.60. The van der Waals surface area contributed by atoms with Crippen LogP contribution in [0, 0.1) is 0 Å². The van der Waals surface area contributed by atoms with Gasteiger partial charge in [0.05, 0.1) is 25.3 Å². The summed E-state index contributed by atoms with van der Waals surface area (Å²) in [5.41, 5.74) is 7.28. The molecule has 2 aromatic rings. The van der Waals surface area contributed by atoms with Crippen LogP contribution in [0.4, 0.5) is 0 Å². The van der Waals surface area contributed by atoms with Gasteiger partial charge < -0.3 is 15.5 Å². The minimum absolute atomic E-state index is 0. The van der Waals surface area contributed by atoms with E-state index in [1.165, 1.54) is 0 Å². The number of aliphatic imine (C=N–C) groups is 1. The summed E-state index contributed by atoms with van der Waals surface area (Å²) in [6.07, 6.45) is 1.68. The largest absolute Gasteiger partial charge is 0.379 e. The lowest BCUT2D eigenvalue weighted by Gasteiger charge is -2.25. The Labute approximate surface area is 146 Å². The molecular formula is C16H22ClN5O2. The molecule has 0 atom stereocenters. The number of ether oxygens (including phenoxy) is 1. The maximum absolute atomic E-state index is 12.3. The van der Waals surface area contributed by atoms with Gasteiger partial charge in [0.25, 0.3) is 5.91 Å². The Hall–Kier alpha value is -2.09. The monoisotopic (exact) mass is 351 g/mol. The lowest BCUT2D eigenvalue weighted by atomic mass is 10.1. The van der Waals surface area contributed by atoms with Crippen LogP contribution < -0.4 is 11.1 Å². The number of fused-ring (bicyclic) bond motifs is 1. The molecule has 1 aliphatic heterocycles. The summed E-state index contributed by atoms with van der Waals surface area (Å²) in [5.74, 6) is -0.108. The Bertz CT molecular complexity index is 709. The fraction of sp³-hybridized carbons (Fsp3) is 0.375. The third-order valence-corrected chi connectivity index (χ3v) is 3.88. The van der Waals surface area contributed by atoms with Gasteiger partial charge in [0.15, 0.2) is 5.96 Å². The first-order valence-electron chi connectivity index (χ1n) is 7.71. The minimum Gasteiger partial charge on any atom is -0.379 e. The van der Waals surface area contributed by atoms with E-state index in [0.29, 0.717) is 12.1 Å². The molecule has 7 nitrogen and oxygen atoms in total. The number of hydrogen-bond donors (Lipinski definition) is 3. The quantitative estimate of drug-likeness (QED) is 0.565. The minimum atomic E-state index is -0.255. The fourth-order valence-electron chi connectivity index (χ4n) is 2.62. The van der Waals surface area contributed by atoms with E-state index >= 15 is 0 Å². The van der Waals surface area contributed by atoms with Crippen molar-refractivity contribution in [3.05, 3.63) is 36.0 Å². The molecule has 0 radical (unpaired) electrons. The van der Waals surface area contributed by atoms with Gasteiger partial charge in [0.2, 0.25) is 0 Å². The van der Waals surface area contributed by atoms with Crippen LogP contribution in [0.5, 0.6) is 0 Å². The lowest BCUT2D eigenvalue weighted by Crippen LogP contribution is -2.39. The molecule has 1 saturated heterocycles. The average Bonchev–Trinajstić information content (AvgIpc) is 3.00. The molecule has 130 valence electrons. The zero-order valence-corrected chi connectivity index (χ0v) is 14.1. The van der Waals surface area contributed by atoms with Gasteiger partial charge in [-0.2, -0.15) is 0 Å². The maximum Gasteiger partial charge on any atom is 0.260 e. The summed E-state index contributed by atoms with van der Waals surface area (Å²) in [6, 6.07) is 7.63. The van der Waals surface area contributed by atoms with Crippen molar-refractivity contribution < 1.29 is 9.53 Å². The number of benzene rings is 1. The van der Waals surface area contributed by atoms with Gasteiger partial charge in [0, 0.05) is 36.7 Å². The van der Waals surface area contributed by atoms with E-state index < -0.39 is 0 Å². The second-order valence-corrected chi connectivity index (χ2v) is 5.42. The van der Waals surface area contributed by atoms with E-state index in [4.69, 9.17) is 10.5 Å². The third kappa shape index (κ3) is 4.47. The number of halogens is 1. The van der Waals surface area contributed by atoms with Crippen molar-refractivity contribution in [2.24, 2.45) is 10.7 Å². The molecule has 2 heterocycles. The summed E-state index contributed by atoms with van der Waals surface area (Å²) in [6.45, 7) is 4.72. The normalized spacial score (nSPS) is 15.9. The molecule has 4 N–H and O–H groups in total. The van der Waals surface area contributed by atoms with Crippen LogP contribution in [0.1, 0.15) is 10.4 Å². The van der Waals surface area contributed by atoms with E-state index in [1.807, 2.05) is 24.3 Å². The summed E-state index contributed by atoms with van der Waals surface area (Å²) in [7, 11) is 0. The number of para-hydroxylation sites is 1. The molecule has 0 unspecified atom stereocenters. The number of guanidine groups is 1. The number of aromatic amines is 1. The molecule has 8 heteroatoms. The van der Waals surface area contributed by atoms with Crippen LogP contribution in [-0.4, -0.2) is 61.1 Å². The molecule has 1 amide bonds. The summed E-state index contributed by atoms with van der Waals surface area (Å²) < 4.78 is 5.29. The average molecular weight is 352 g/mol. The highest BCUT2D eigenvalue weighted by Crippen LogP contribution is 2.17. The number of rotatable bonds is 4. The predicted octanol–water partition coefficient (Wildman–Crippen LogP) is 0.966. The van der Waals surface area contributed by atoms with Gasteiger partial charge in [-0.3, -0.25) is 20.0 Å². The van der Waals surface area contributed by atoms with Crippen LogP contribution in [-0.2, 0) is 4.74 Å². The Balaban J connectivity index is 0.00000208. The number of H-pyrrole nitrogens is 1. The van der Waals surface area contributed by atoms with E-state index in [-0.39, 0.29) is 24.3 Å². The first kappa shape index (κ1) is 18.3. The Morgan fingerprint density at radius 2 is 2.08 bits per heavy atom. The van der Waals surface area contributed by atoms with Gasteiger partial charge >= 0.3 is 0 Å². The van der Waals surface area contributed by atoms with Gasteiger partial charge in [-0.15, -0.1) is 12.4 Å². The SMILES string of the molecule is Cl.NC(=NCCN1CCOCC1)NC(=O)c1c[nH]c2ccccc12. The summed E-state index contributed by atoms with van der Waals surface area (Å²) in [5, 5.41) is 3.50. The molecule has 1 aromatic heterocycles. The summed E-state index contributed by atoms with van der Waals surface area (Å²) >= 11 is 0. The highest BCUT2D eigenvalue weighted by atomic mass is 35.5. The van der Waals surface area contributed by atoms with Crippen LogP contribution in [0.2, 0.25) is 0 Å². The zero-order valence-electron chi connectivity index (χ0n) is 13.3. The standard InChI is InChI=1S/C16H21N5O2.ClH/c17-16(18-5-6-21-7-9-23-10-8-21)20-15(22)13-11-19-14-4-2-1-3-12(13)14;/h1-4,11,19H,5-10H2,(H3,17,18,20,22);1H. The topological polar surface area (TPSA) is 95.7 Å². The molecular weight excluding hydrogens is 330 g/mol. The number of amides is 1. The van der Waals surface area contributed by atoms with E-state index in [2.05, 4.69) is 20.2 Å². The van der Waals surface area contributed by atoms with E-state index in [0.717, 1.165) is 43.8 Å². The van der Waals surface area contributed by atoms with Gasteiger partial charge in [-0.1, -0.05) is 18.2 Å². The first-order valence-corrected chi connectivity index (χ1v) is 7.71. The van der Waals surface area contributed by atoms with Crippen molar-refractivity contribution in [1.29, 1.82) is 0 Å². The second-order valence-electron chi connectivity index (χ2n) is 5.42. The second kappa shape index (κ2) is 8.68. The Morgan fingerprint density at radius 1 is 1.33 bits per heavy atom. The number of hydrogen-bond acceptors (Lipinski definition) is 4. The lowest BCUT2D eigenvalue weighted by molar-refractivity contribution is 0.0394. The molecule has 0 bridgehead atoms. The van der Waals surface area contributed by atoms with Gasteiger partial charge in [0.1, 0.15) is 0 Å². The van der Waals surface area contributed by atoms with E-state index in [1.54, 1.807) is 6.20 Å². The fourth-order valence-corrected chi connectivity index (χ4v) is 2.62. The smallest absolute Gasteiger partial charge is 0.260 e. The highest BCUT2D eigenvalue weighted by Gasteiger charge is 2.13. The van der Waals surface area contributed by atoms with Crippen LogP contribution in [0.25, 0.3) is 10.9 Å². The molecule has 24 heavy (non-hydrogen) atoms. The van der Waals surface area contributed by atoms with Crippen LogP contribution in [0.3, 0.4) is 0 Å². The molecule has 0 aliphatic carbocycles. The Morgan fingerprint density at radius 3 is 2.88 bits per heavy atom. The van der Waals surface area contributed by atoms with E-state index in [9.17, 15) is 4.79 Å². The zero-order chi connectivity index (χ0) is 16.1. The van der Waals surface area contributed by atoms with Crippen molar-refractivity contribution >= 4 is 35.2 Å². The van der Waals surface area contributed by atoms with Crippen molar-refractivity contribution in [2.45, 2.75) is 0 Å². The number of aromatic nitrogens is 1. The number of nitrogens with zero attached hydrogens (tertiary/aromatic N) is 2. The highest BCUT2D eigenvalue weighted by molar-refractivity contribution is 6.12. The molecule has 3 rings (SSSR count). The van der Waals surface area contributed by atoms with Gasteiger partial charge in [-0.25, -0.2) is 0 Å². The first-order chi connectivity index (χ1) is 11.2. The molecule has 1 aliphatic rings. The van der Waals surface area contributed by atoms with Crippen molar-refractivity contribution in [3.8, 4) is 0 Å². The maximum atomic E-state index is 12.3. The number of nitrogens with two attached hydrogens (primary N) is 1. The number of morpholine rings is 1. The number of carbonyl (C=O) groups excluding carboxylic acids is 1. The predicted molar refractivity (Wildman–Crippen MR) is 96.8 cm³/mol. The number of carbonyl (C=O) groups is 1. The van der Waals surface area contributed by atoms with Gasteiger partial charge in [-0.05, 0) is 6.07 Å². The number of nitrogens with one attached hydrogen (secondary N) is 2. The molecule has 0 spiro atoms. The van der Waals surface area contributed by atoms with Crippen LogP contribution >= 0.6 is 12.4 Å².